The van der Waals surface area contributed by atoms with Gasteiger partial charge in [-0.3, -0.25) is 9.59 Å². The highest BCUT2D eigenvalue weighted by atomic mass is 32.1. The van der Waals surface area contributed by atoms with E-state index < -0.39 is 0 Å². The molecule has 0 N–H and O–H groups in total. The number of amides is 1. The summed E-state index contributed by atoms with van der Waals surface area (Å²) >= 11 is 1.57. The van der Waals surface area contributed by atoms with Gasteiger partial charge in [-0.25, -0.2) is 0 Å². The van der Waals surface area contributed by atoms with Crippen molar-refractivity contribution in [3.63, 3.8) is 0 Å². The maximum absolute atomic E-state index is 12.1. The summed E-state index contributed by atoms with van der Waals surface area (Å²) in [7, 11) is 0. The summed E-state index contributed by atoms with van der Waals surface area (Å²) < 4.78 is 4.90. The molecule has 102 valence electrons. The van der Waals surface area contributed by atoms with Gasteiger partial charge in [0, 0.05) is 17.0 Å². The molecule has 1 aliphatic rings. The van der Waals surface area contributed by atoms with Crippen LogP contribution >= 0.6 is 11.3 Å². The molecule has 0 atom stereocenters. The smallest absolute Gasteiger partial charge is 0.325 e. The summed E-state index contributed by atoms with van der Waals surface area (Å²) in [4.78, 5) is 26.2. The number of hydrogen-bond acceptors (Lipinski definition) is 4. The summed E-state index contributed by atoms with van der Waals surface area (Å²) in [6, 6.07) is 4.08. The van der Waals surface area contributed by atoms with Crippen LogP contribution in [-0.4, -0.2) is 36.0 Å². The average molecular weight is 279 g/mol. The number of hydrogen-bond donors (Lipinski definition) is 0. The third-order valence-corrected chi connectivity index (χ3v) is 3.65. The Kier molecular flexibility index (Phi) is 4.74. The zero-order chi connectivity index (χ0) is 13.7. The van der Waals surface area contributed by atoms with E-state index in [0.29, 0.717) is 6.61 Å². The van der Waals surface area contributed by atoms with Crippen LogP contribution in [0, 0.1) is 0 Å². The fraction of sp³-hybridized carbons (Fsp3) is 0.429. The van der Waals surface area contributed by atoms with Gasteiger partial charge in [0.1, 0.15) is 6.54 Å². The number of nitrogens with zero attached hydrogens (tertiary/aromatic N) is 1. The maximum atomic E-state index is 12.1. The van der Waals surface area contributed by atoms with Gasteiger partial charge in [0.05, 0.1) is 6.61 Å². The number of thiophene rings is 1. The van der Waals surface area contributed by atoms with Crippen molar-refractivity contribution >= 4 is 29.3 Å². The molecule has 0 unspecified atom stereocenters. The molecule has 5 heteroatoms. The van der Waals surface area contributed by atoms with Crippen molar-refractivity contribution in [3.05, 3.63) is 28.5 Å². The van der Waals surface area contributed by atoms with E-state index in [4.69, 9.17) is 4.74 Å². The Balaban J connectivity index is 1.94. The predicted molar refractivity (Wildman–Crippen MR) is 74.7 cm³/mol. The quantitative estimate of drug-likeness (QED) is 0.593. The van der Waals surface area contributed by atoms with Crippen molar-refractivity contribution in [3.8, 4) is 0 Å². The third-order valence-electron chi connectivity index (χ3n) is 2.81. The first-order chi connectivity index (χ1) is 9.20. The zero-order valence-corrected chi connectivity index (χ0v) is 11.7. The molecule has 2 rings (SSSR count). The Morgan fingerprint density at radius 1 is 1.53 bits per heavy atom. The third kappa shape index (κ3) is 4.21. The lowest BCUT2D eigenvalue weighted by Crippen LogP contribution is -2.37. The predicted octanol–water partition coefficient (Wildman–Crippen LogP) is 2.32. The van der Waals surface area contributed by atoms with Crippen LogP contribution in [0.25, 0.3) is 6.08 Å². The molecule has 19 heavy (non-hydrogen) atoms. The molecule has 0 aromatic carbocycles. The molecule has 1 aromatic heterocycles. The van der Waals surface area contributed by atoms with Crippen LogP contribution < -0.4 is 0 Å². The summed E-state index contributed by atoms with van der Waals surface area (Å²) in [5.41, 5.74) is 0. The molecule has 1 saturated carbocycles. The molecule has 1 aromatic rings. The van der Waals surface area contributed by atoms with Crippen LogP contribution in [0.4, 0.5) is 0 Å². The SMILES string of the molecule is CCOC(=O)CN(C(=O)/C=C/c1cccs1)C1CC1. The van der Waals surface area contributed by atoms with Crippen molar-refractivity contribution in [1.29, 1.82) is 0 Å². The van der Waals surface area contributed by atoms with Gasteiger partial charge >= 0.3 is 5.97 Å². The van der Waals surface area contributed by atoms with Gasteiger partial charge in [0.25, 0.3) is 0 Å². The van der Waals surface area contributed by atoms with Gasteiger partial charge in [0.2, 0.25) is 5.91 Å². The van der Waals surface area contributed by atoms with Gasteiger partial charge in [0.15, 0.2) is 0 Å². The van der Waals surface area contributed by atoms with Crippen LogP contribution in [0.1, 0.15) is 24.6 Å². The van der Waals surface area contributed by atoms with Gasteiger partial charge in [-0.2, -0.15) is 0 Å². The second-order valence-corrected chi connectivity index (χ2v) is 5.33. The lowest BCUT2D eigenvalue weighted by atomic mass is 10.3. The number of ether oxygens (including phenoxy) is 1. The van der Waals surface area contributed by atoms with Crippen molar-refractivity contribution < 1.29 is 14.3 Å². The highest BCUT2D eigenvalue weighted by molar-refractivity contribution is 7.10. The van der Waals surface area contributed by atoms with E-state index in [9.17, 15) is 9.59 Å². The van der Waals surface area contributed by atoms with Gasteiger partial charge < -0.3 is 9.64 Å². The molecule has 0 radical (unpaired) electrons. The first kappa shape index (κ1) is 13.8. The summed E-state index contributed by atoms with van der Waals surface area (Å²) in [5.74, 6) is -0.462. The van der Waals surface area contributed by atoms with Gasteiger partial charge in [-0.05, 0) is 37.3 Å². The highest BCUT2D eigenvalue weighted by Crippen LogP contribution is 2.27. The monoisotopic (exact) mass is 279 g/mol. The van der Waals surface area contributed by atoms with Crippen molar-refractivity contribution in [2.75, 3.05) is 13.2 Å². The number of carbonyl (C=O) groups is 2. The molecule has 0 bridgehead atoms. The lowest BCUT2D eigenvalue weighted by Gasteiger charge is -2.19. The van der Waals surface area contributed by atoms with E-state index in [0.717, 1.165) is 17.7 Å². The van der Waals surface area contributed by atoms with Crippen LogP contribution in [0.15, 0.2) is 23.6 Å². The second-order valence-electron chi connectivity index (χ2n) is 4.35. The molecule has 4 nitrogen and oxygen atoms in total. The summed E-state index contributed by atoms with van der Waals surface area (Å²) in [6.07, 6.45) is 5.26. The second kappa shape index (κ2) is 6.52. The Labute approximate surface area is 116 Å². The number of rotatable bonds is 6. The first-order valence-corrected chi connectivity index (χ1v) is 7.26. The zero-order valence-electron chi connectivity index (χ0n) is 10.9. The Hall–Kier alpha value is -1.62. The largest absolute Gasteiger partial charge is 0.465 e. The molecule has 0 spiro atoms. The van der Waals surface area contributed by atoms with Crippen LogP contribution in [-0.2, 0) is 14.3 Å². The van der Waals surface area contributed by atoms with Crippen molar-refractivity contribution in [2.24, 2.45) is 0 Å². The fourth-order valence-corrected chi connectivity index (χ4v) is 2.37. The van der Waals surface area contributed by atoms with Crippen molar-refractivity contribution in [1.82, 2.24) is 4.90 Å². The minimum atomic E-state index is -0.340. The van der Waals surface area contributed by atoms with Crippen LogP contribution in [0.2, 0.25) is 0 Å². The van der Waals surface area contributed by atoms with E-state index in [1.165, 1.54) is 6.08 Å². The standard InChI is InChI=1S/C14H17NO3S/c1-2-18-14(17)10-15(11-5-6-11)13(16)8-7-12-4-3-9-19-12/h3-4,7-9,11H,2,5-6,10H2,1H3/b8-7+. The van der Waals surface area contributed by atoms with Gasteiger partial charge in [-0.15, -0.1) is 11.3 Å². The van der Waals surface area contributed by atoms with Crippen molar-refractivity contribution in [2.45, 2.75) is 25.8 Å². The molecule has 1 amide bonds. The first-order valence-electron chi connectivity index (χ1n) is 6.38. The number of carbonyl (C=O) groups excluding carboxylic acids is 2. The Morgan fingerprint density at radius 2 is 2.32 bits per heavy atom. The molecular weight excluding hydrogens is 262 g/mol. The molecule has 1 aliphatic carbocycles. The lowest BCUT2D eigenvalue weighted by molar-refractivity contribution is -0.148. The summed E-state index contributed by atoms with van der Waals surface area (Å²) in [5, 5.41) is 1.96. The highest BCUT2D eigenvalue weighted by Gasteiger charge is 2.33. The van der Waals surface area contributed by atoms with E-state index in [2.05, 4.69) is 0 Å². The van der Waals surface area contributed by atoms with E-state index in [-0.39, 0.29) is 24.5 Å². The fourth-order valence-electron chi connectivity index (χ4n) is 1.75. The normalized spacial score (nSPS) is 14.6. The minimum Gasteiger partial charge on any atom is -0.465 e. The summed E-state index contributed by atoms with van der Waals surface area (Å²) in [6.45, 7) is 2.15. The minimum absolute atomic E-state index is 0.0477. The molecule has 0 saturated heterocycles. The van der Waals surface area contributed by atoms with E-state index >= 15 is 0 Å². The van der Waals surface area contributed by atoms with Gasteiger partial charge in [-0.1, -0.05) is 6.07 Å². The average Bonchev–Trinajstić information content (AvgIpc) is 3.09. The number of esters is 1. The topological polar surface area (TPSA) is 46.6 Å². The Bertz CT molecular complexity index is 463. The van der Waals surface area contributed by atoms with Crippen LogP contribution in [0.5, 0.6) is 0 Å². The molecule has 1 heterocycles. The Morgan fingerprint density at radius 3 is 2.89 bits per heavy atom. The van der Waals surface area contributed by atoms with E-state index in [1.807, 2.05) is 17.5 Å². The molecule has 1 fully saturated rings. The molecular formula is C14H17NO3S. The van der Waals surface area contributed by atoms with Crippen LogP contribution in [0.3, 0.4) is 0 Å². The van der Waals surface area contributed by atoms with E-state index in [1.54, 1.807) is 29.2 Å². The maximum Gasteiger partial charge on any atom is 0.325 e. The molecule has 0 aliphatic heterocycles.